The Morgan fingerprint density at radius 1 is 1.33 bits per heavy atom. The number of carbonyl (C=O) groups excluding carboxylic acids is 2. The number of amides is 1. The number of nitrogens with zero attached hydrogens (tertiary/aromatic N) is 2. The zero-order valence-corrected chi connectivity index (χ0v) is 13.6. The quantitative estimate of drug-likeness (QED) is 0.717. The summed E-state index contributed by atoms with van der Waals surface area (Å²) in [7, 11) is 0. The van der Waals surface area contributed by atoms with E-state index >= 15 is 0 Å². The predicted octanol–water partition coefficient (Wildman–Crippen LogP) is 2.24. The summed E-state index contributed by atoms with van der Waals surface area (Å²) in [6.07, 6.45) is 0. The molecule has 0 saturated heterocycles. The number of ether oxygens (including phenoxy) is 1. The molecule has 0 fully saturated rings. The molecule has 3 aromatic rings. The molecule has 0 bridgehead atoms. The number of hydrogen-bond donors (Lipinski definition) is 1. The molecule has 1 aromatic carbocycles. The molecule has 0 unspecified atom stereocenters. The Balaban J connectivity index is 1.88. The average Bonchev–Trinajstić information content (AvgIpc) is 3.09. The van der Waals surface area contributed by atoms with E-state index in [0.29, 0.717) is 11.4 Å². The van der Waals surface area contributed by atoms with Gasteiger partial charge in [-0.05, 0) is 30.7 Å². The molecule has 0 spiro atoms. The van der Waals surface area contributed by atoms with Crippen molar-refractivity contribution in [3.05, 3.63) is 52.3 Å². The van der Waals surface area contributed by atoms with Crippen molar-refractivity contribution in [2.24, 2.45) is 5.73 Å². The fourth-order valence-electron chi connectivity index (χ4n) is 2.29. The highest BCUT2D eigenvalue weighted by Crippen LogP contribution is 2.29. The van der Waals surface area contributed by atoms with E-state index in [1.165, 1.54) is 23.5 Å². The summed E-state index contributed by atoms with van der Waals surface area (Å²) in [5, 5.41) is 5.29. The van der Waals surface area contributed by atoms with E-state index in [1.807, 2.05) is 6.92 Å². The lowest BCUT2D eigenvalue weighted by atomic mass is 10.2. The number of benzene rings is 1. The average molecular weight is 347 g/mol. The largest absolute Gasteiger partial charge is 0.451 e. The highest BCUT2D eigenvalue weighted by Gasteiger charge is 2.18. The highest BCUT2D eigenvalue weighted by molar-refractivity contribution is 7.20. The molecular weight excluding hydrogens is 333 g/mol. The molecule has 0 aliphatic rings. The van der Waals surface area contributed by atoms with Crippen LogP contribution in [-0.2, 0) is 16.1 Å². The fourth-order valence-corrected chi connectivity index (χ4v) is 3.35. The first kappa shape index (κ1) is 16.1. The Labute approximate surface area is 140 Å². The normalized spacial score (nSPS) is 10.9. The number of thiophene rings is 1. The molecule has 3 rings (SSSR count). The molecule has 0 radical (unpaired) electrons. The van der Waals surface area contributed by atoms with Gasteiger partial charge in [0, 0.05) is 5.39 Å². The van der Waals surface area contributed by atoms with Gasteiger partial charge in [-0.25, -0.2) is 9.18 Å². The Morgan fingerprint density at radius 3 is 2.71 bits per heavy atom. The molecule has 0 aliphatic heterocycles. The van der Waals surface area contributed by atoms with Crippen molar-refractivity contribution in [3.8, 4) is 0 Å². The number of primary amides is 1. The first-order valence-corrected chi connectivity index (χ1v) is 7.92. The maximum atomic E-state index is 13.0. The minimum Gasteiger partial charge on any atom is -0.451 e. The third kappa shape index (κ3) is 3.28. The van der Waals surface area contributed by atoms with Gasteiger partial charge >= 0.3 is 5.97 Å². The lowest BCUT2D eigenvalue weighted by Gasteiger charge is -2.03. The van der Waals surface area contributed by atoms with E-state index in [9.17, 15) is 14.0 Å². The fraction of sp³-hybridized carbons (Fsp3) is 0.188. The molecule has 0 aliphatic carbocycles. The van der Waals surface area contributed by atoms with Gasteiger partial charge in [0.25, 0.3) is 5.91 Å². The maximum Gasteiger partial charge on any atom is 0.348 e. The van der Waals surface area contributed by atoms with Crippen LogP contribution in [0.5, 0.6) is 0 Å². The summed E-state index contributed by atoms with van der Waals surface area (Å²) in [6, 6.07) is 7.85. The number of carbonyl (C=O) groups is 2. The summed E-state index contributed by atoms with van der Waals surface area (Å²) >= 11 is 1.23. The van der Waals surface area contributed by atoms with Crippen molar-refractivity contribution in [3.63, 3.8) is 0 Å². The molecule has 24 heavy (non-hydrogen) atoms. The van der Waals surface area contributed by atoms with Crippen LogP contribution >= 0.6 is 11.3 Å². The van der Waals surface area contributed by atoms with Crippen molar-refractivity contribution in [1.29, 1.82) is 0 Å². The van der Waals surface area contributed by atoms with Crippen LogP contribution in [0, 0.1) is 12.7 Å². The van der Waals surface area contributed by atoms with Crippen LogP contribution in [-0.4, -0.2) is 28.3 Å². The van der Waals surface area contributed by atoms with Crippen molar-refractivity contribution in [2.75, 3.05) is 6.61 Å². The molecule has 2 heterocycles. The van der Waals surface area contributed by atoms with Gasteiger partial charge in [-0.3, -0.25) is 9.48 Å². The second kappa shape index (κ2) is 6.40. The van der Waals surface area contributed by atoms with Crippen LogP contribution in [0.15, 0.2) is 30.3 Å². The number of aromatic nitrogens is 2. The third-order valence-corrected chi connectivity index (χ3v) is 4.53. The molecule has 0 atom stereocenters. The monoisotopic (exact) mass is 347 g/mol. The Morgan fingerprint density at radius 2 is 2.04 bits per heavy atom. The lowest BCUT2D eigenvalue weighted by Crippen LogP contribution is -2.20. The summed E-state index contributed by atoms with van der Waals surface area (Å²) in [5.41, 5.74) is 6.64. The van der Waals surface area contributed by atoms with Crippen molar-refractivity contribution >= 4 is 33.4 Å². The van der Waals surface area contributed by atoms with Crippen molar-refractivity contribution < 1.29 is 18.7 Å². The summed E-state index contributed by atoms with van der Waals surface area (Å²) in [4.78, 5) is 23.8. The SMILES string of the molecule is Cc1nn(Cc2ccc(F)cc2)c2sc(C(=O)OCC(N)=O)cc12. The van der Waals surface area contributed by atoms with E-state index in [1.54, 1.807) is 22.9 Å². The van der Waals surface area contributed by atoms with Crippen molar-refractivity contribution in [2.45, 2.75) is 13.5 Å². The van der Waals surface area contributed by atoms with Gasteiger partial charge < -0.3 is 10.5 Å². The van der Waals surface area contributed by atoms with Gasteiger partial charge in [0.1, 0.15) is 15.5 Å². The van der Waals surface area contributed by atoms with E-state index in [0.717, 1.165) is 21.5 Å². The van der Waals surface area contributed by atoms with Gasteiger partial charge in [0.15, 0.2) is 6.61 Å². The van der Waals surface area contributed by atoms with Gasteiger partial charge in [0.2, 0.25) is 0 Å². The van der Waals surface area contributed by atoms with Gasteiger partial charge in [-0.15, -0.1) is 11.3 Å². The number of fused-ring (bicyclic) bond motifs is 1. The predicted molar refractivity (Wildman–Crippen MR) is 87.3 cm³/mol. The number of rotatable bonds is 5. The number of aryl methyl sites for hydroxylation is 1. The second-order valence-corrected chi connectivity index (χ2v) is 6.27. The molecule has 2 aromatic heterocycles. The number of hydrogen-bond acceptors (Lipinski definition) is 5. The van der Waals surface area contributed by atoms with Crippen LogP contribution in [0.25, 0.3) is 10.2 Å². The van der Waals surface area contributed by atoms with Crippen LogP contribution < -0.4 is 5.73 Å². The Bertz CT molecular complexity index is 915. The van der Waals surface area contributed by atoms with Crippen LogP contribution in [0.1, 0.15) is 20.9 Å². The number of nitrogens with two attached hydrogens (primary N) is 1. The van der Waals surface area contributed by atoms with E-state index in [4.69, 9.17) is 10.5 Å². The number of esters is 1. The smallest absolute Gasteiger partial charge is 0.348 e. The molecular formula is C16H14FN3O3S. The molecule has 124 valence electrons. The molecule has 1 amide bonds. The van der Waals surface area contributed by atoms with Crippen LogP contribution in [0.3, 0.4) is 0 Å². The summed E-state index contributed by atoms with van der Waals surface area (Å²) in [6.45, 7) is 1.85. The minimum atomic E-state index is -0.705. The Hall–Kier alpha value is -2.74. The van der Waals surface area contributed by atoms with E-state index in [2.05, 4.69) is 5.10 Å². The lowest BCUT2D eigenvalue weighted by molar-refractivity contribution is -0.121. The first-order chi connectivity index (χ1) is 11.4. The maximum absolute atomic E-state index is 13.0. The van der Waals surface area contributed by atoms with Gasteiger partial charge in [-0.1, -0.05) is 12.1 Å². The zero-order chi connectivity index (χ0) is 17.3. The minimum absolute atomic E-state index is 0.295. The van der Waals surface area contributed by atoms with E-state index < -0.39 is 18.5 Å². The first-order valence-electron chi connectivity index (χ1n) is 7.11. The third-order valence-electron chi connectivity index (χ3n) is 3.40. The van der Waals surface area contributed by atoms with Gasteiger partial charge in [0.05, 0.1) is 12.2 Å². The zero-order valence-electron chi connectivity index (χ0n) is 12.8. The van der Waals surface area contributed by atoms with Crippen LogP contribution in [0.2, 0.25) is 0 Å². The second-order valence-electron chi connectivity index (χ2n) is 5.24. The topological polar surface area (TPSA) is 87.2 Å². The summed E-state index contributed by atoms with van der Waals surface area (Å²) in [5.74, 6) is -1.60. The molecule has 6 nitrogen and oxygen atoms in total. The van der Waals surface area contributed by atoms with Crippen LogP contribution in [0.4, 0.5) is 4.39 Å². The van der Waals surface area contributed by atoms with Gasteiger partial charge in [-0.2, -0.15) is 5.10 Å². The number of halogens is 1. The summed E-state index contributed by atoms with van der Waals surface area (Å²) < 4.78 is 19.6. The standard InChI is InChI=1S/C16H14FN3O3S/c1-9-12-6-13(16(22)23-8-14(18)21)24-15(12)20(19-9)7-10-2-4-11(17)5-3-10/h2-6H,7-8H2,1H3,(H2,18,21). The molecule has 2 N–H and O–H groups in total. The van der Waals surface area contributed by atoms with Crippen molar-refractivity contribution in [1.82, 2.24) is 9.78 Å². The Kier molecular flexibility index (Phi) is 4.30. The molecule has 0 saturated carbocycles. The molecule has 8 heteroatoms. The highest BCUT2D eigenvalue weighted by atomic mass is 32.1. The van der Waals surface area contributed by atoms with E-state index in [-0.39, 0.29) is 5.82 Å².